The normalized spacial score (nSPS) is 20.4. The van der Waals surface area contributed by atoms with Crippen molar-refractivity contribution in [2.45, 2.75) is 63.5 Å². The van der Waals surface area contributed by atoms with Crippen LogP contribution in [0.25, 0.3) is 0 Å². The summed E-state index contributed by atoms with van der Waals surface area (Å²) in [5, 5.41) is 3.78. The van der Waals surface area contributed by atoms with Gasteiger partial charge in [-0.15, -0.1) is 11.3 Å². The molecule has 0 spiro atoms. The minimum Gasteiger partial charge on any atom is -0.489 e. The molecule has 3 saturated heterocycles. The quantitative estimate of drug-likeness (QED) is 0.114. The van der Waals surface area contributed by atoms with E-state index in [0.717, 1.165) is 50.1 Å². The van der Waals surface area contributed by atoms with Gasteiger partial charge in [0.1, 0.15) is 39.0 Å². The smallest absolute Gasteiger partial charge is 0.387 e. The van der Waals surface area contributed by atoms with E-state index in [-0.39, 0.29) is 46.9 Å². The maximum Gasteiger partial charge on any atom is 0.387 e. The summed E-state index contributed by atoms with van der Waals surface area (Å²) in [5.41, 5.74) is 1.12. The van der Waals surface area contributed by atoms with E-state index in [1.807, 2.05) is 0 Å². The van der Waals surface area contributed by atoms with Gasteiger partial charge in [0.2, 0.25) is 0 Å². The lowest BCUT2D eigenvalue weighted by molar-refractivity contribution is -0.377. The van der Waals surface area contributed by atoms with E-state index < -0.39 is 36.5 Å². The number of halogens is 5. The number of hydrogen-bond acceptors (Lipinski definition) is 9. The van der Waals surface area contributed by atoms with E-state index in [1.165, 1.54) is 24.3 Å². The summed E-state index contributed by atoms with van der Waals surface area (Å²) in [5.74, 6) is -1.17. The summed E-state index contributed by atoms with van der Waals surface area (Å²) in [6, 6.07) is 12.7. The number of piperidine rings is 3. The number of benzene rings is 2. The summed E-state index contributed by atoms with van der Waals surface area (Å²) < 4.78 is 64.2. The SMILES string of the molecule is O=C(O[C@@H](Cc1c(Cl)c[nH+]cc1Cl)c1ccc(OC(F)F)c(OCC2CC2)c1)c1ccc(CNC(C(=O)O[C@H]2CN3CCC2CC3)c2ccccc2F)s1. The van der Waals surface area contributed by atoms with Crippen LogP contribution in [0.1, 0.15) is 69.1 Å². The lowest BCUT2D eigenvalue weighted by Crippen LogP contribution is -2.52. The first-order chi connectivity index (χ1) is 26.1. The van der Waals surface area contributed by atoms with Crippen molar-refractivity contribution < 1.29 is 46.7 Å². The summed E-state index contributed by atoms with van der Waals surface area (Å²) in [6.07, 6.45) is 5.83. The number of esters is 2. The van der Waals surface area contributed by atoms with Crippen molar-refractivity contribution in [1.29, 1.82) is 0 Å². The number of H-pyrrole nitrogens is 1. The Labute approximate surface area is 324 Å². The van der Waals surface area contributed by atoms with E-state index in [9.17, 15) is 18.4 Å². The molecule has 2 aromatic heterocycles. The third-order valence-electron chi connectivity index (χ3n) is 10.0. The molecule has 3 atom stereocenters. The highest BCUT2D eigenvalue weighted by Gasteiger charge is 2.38. The zero-order valence-electron chi connectivity index (χ0n) is 29.1. The fraction of sp³-hybridized carbons (Fsp3) is 0.410. The van der Waals surface area contributed by atoms with Crippen LogP contribution in [0.15, 0.2) is 67.0 Å². The Morgan fingerprint density at radius 3 is 2.43 bits per heavy atom. The monoisotopic (exact) mass is 804 g/mol. The van der Waals surface area contributed by atoms with E-state index in [4.69, 9.17) is 42.1 Å². The van der Waals surface area contributed by atoms with Crippen LogP contribution in [-0.4, -0.2) is 55.8 Å². The highest BCUT2D eigenvalue weighted by molar-refractivity contribution is 7.13. The minimum atomic E-state index is -3.06. The average molecular weight is 806 g/mol. The molecule has 1 saturated carbocycles. The topological polar surface area (TPSA) is 100 Å². The molecule has 2 bridgehead atoms. The second kappa shape index (κ2) is 17.3. The summed E-state index contributed by atoms with van der Waals surface area (Å²) in [7, 11) is 0. The number of pyridine rings is 1. The molecule has 8 rings (SSSR count). The van der Waals surface area contributed by atoms with Crippen LogP contribution < -0.4 is 19.8 Å². The molecule has 5 heterocycles. The van der Waals surface area contributed by atoms with Gasteiger partial charge in [0.25, 0.3) is 0 Å². The number of nitrogens with one attached hydrogen (secondary N) is 2. The maximum atomic E-state index is 15.0. The largest absolute Gasteiger partial charge is 0.489 e. The van der Waals surface area contributed by atoms with Gasteiger partial charge < -0.3 is 18.9 Å². The molecule has 0 amide bonds. The van der Waals surface area contributed by atoms with Crippen LogP contribution in [0.5, 0.6) is 11.5 Å². The molecule has 2 N–H and O–H groups in total. The molecule has 4 aliphatic rings. The number of thiophene rings is 1. The van der Waals surface area contributed by atoms with Gasteiger partial charge in [0.05, 0.1) is 6.61 Å². The highest BCUT2D eigenvalue weighted by Crippen LogP contribution is 2.38. The van der Waals surface area contributed by atoms with Gasteiger partial charge in [0.15, 0.2) is 23.9 Å². The number of aromatic amines is 1. The van der Waals surface area contributed by atoms with Crippen LogP contribution in [0.2, 0.25) is 10.0 Å². The predicted molar refractivity (Wildman–Crippen MR) is 196 cm³/mol. The second-order valence-corrected chi connectivity index (χ2v) is 15.8. The van der Waals surface area contributed by atoms with Gasteiger partial charge in [-0.1, -0.05) is 47.5 Å². The second-order valence-electron chi connectivity index (χ2n) is 13.8. The zero-order valence-corrected chi connectivity index (χ0v) is 31.4. The zero-order chi connectivity index (χ0) is 37.8. The van der Waals surface area contributed by atoms with Crippen molar-refractivity contribution in [3.05, 3.63) is 109 Å². The van der Waals surface area contributed by atoms with Crippen LogP contribution in [0.4, 0.5) is 13.2 Å². The Morgan fingerprint density at radius 2 is 1.74 bits per heavy atom. The Balaban J connectivity index is 1.08. The van der Waals surface area contributed by atoms with Gasteiger partial charge >= 0.3 is 18.6 Å². The molecule has 2 aromatic carbocycles. The molecule has 286 valence electrons. The number of alkyl halides is 2. The Hall–Kier alpha value is -3.88. The van der Waals surface area contributed by atoms with Gasteiger partial charge in [-0.2, -0.15) is 8.78 Å². The number of aromatic nitrogens is 1. The summed E-state index contributed by atoms with van der Waals surface area (Å²) in [4.78, 5) is 33.4. The van der Waals surface area contributed by atoms with Crippen molar-refractivity contribution in [3.8, 4) is 11.5 Å². The average Bonchev–Trinajstić information content (AvgIpc) is 3.87. The van der Waals surface area contributed by atoms with Crippen molar-refractivity contribution in [2.24, 2.45) is 11.8 Å². The van der Waals surface area contributed by atoms with Crippen LogP contribution in [0.3, 0.4) is 0 Å². The summed E-state index contributed by atoms with van der Waals surface area (Å²) in [6.45, 7) is 0.0493. The van der Waals surface area contributed by atoms with Crippen molar-refractivity contribution in [2.75, 3.05) is 26.2 Å². The molecule has 3 aliphatic heterocycles. The summed E-state index contributed by atoms with van der Waals surface area (Å²) >= 11 is 14.1. The molecule has 1 unspecified atom stereocenters. The molecule has 54 heavy (non-hydrogen) atoms. The van der Waals surface area contributed by atoms with Gasteiger partial charge in [-0.05, 0) is 86.5 Å². The minimum absolute atomic E-state index is 0.0566. The first-order valence-electron chi connectivity index (χ1n) is 17.9. The molecular formula is C39H39Cl2F3N3O6S+. The van der Waals surface area contributed by atoms with Crippen LogP contribution in [0, 0.1) is 17.7 Å². The molecule has 1 aliphatic carbocycles. The number of nitrogens with zero attached hydrogens (tertiary/aromatic N) is 1. The molecule has 15 heteroatoms. The maximum absolute atomic E-state index is 15.0. The Kier molecular flexibility index (Phi) is 12.3. The number of rotatable bonds is 16. The van der Waals surface area contributed by atoms with E-state index in [2.05, 4.69) is 15.2 Å². The fourth-order valence-electron chi connectivity index (χ4n) is 6.87. The van der Waals surface area contributed by atoms with E-state index in [0.29, 0.717) is 45.1 Å². The molecule has 4 fully saturated rings. The molecular weight excluding hydrogens is 766 g/mol. The standard InChI is InChI=1S/C39H38Cl2F3N3O6S/c40-28-18-45-19-29(41)27(28)16-32(24-7-9-31(53-39(43)44)33(15-24)50-21-22-5-6-22)51-37(48)35-10-8-25(54-35)17-46-36(26-3-1-2-4-30(26)42)38(49)52-34-20-47-13-11-23(34)12-14-47/h1-4,7-10,15,18-19,22-23,32,34,36,39,46H,5-6,11-14,16-17,20-21H2/p+1/t32-,34-,36?/m0/s1. The number of carbonyl (C=O) groups is 2. The number of fused-ring (bicyclic) bond motifs is 3. The fourth-order valence-corrected chi connectivity index (χ4v) is 8.24. The van der Waals surface area contributed by atoms with Gasteiger partial charge in [-0.3, -0.25) is 10.2 Å². The number of ether oxygens (including phenoxy) is 4. The first kappa shape index (κ1) is 38.4. The van der Waals surface area contributed by atoms with Crippen LogP contribution >= 0.6 is 34.5 Å². The van der Waals surface area contributed by atoms with Crippen molar-refractivity contribution >= 4 is 46.5 Å². The van der Waals surface area contributed by atoms with Gasteiger partial charge in [0, 0.05) is 35.5 Å². The lowest BCUT2D eigenvalue weighted by atomic mass is 9.86. The highest BCUT2D eigenvalue weighted by atomic mass is 35.5. The van der Waals surface area contributed by atoms with E-state index in [1.54, 1.807) is 42.7 Å². The predicted octanol–water partition coefficient (Wildman–Crippen LogP) is 8.01. The number of hydrogen-bond donors (Lipinski definition) is 1. The van der Waals surface area contributed by atoms with Crippen molar-refractivity contribution in [3.63, 3.8) is 0 Å². The Morgan fingerprint density at radius 1 is 0.981 bits per heavy atom. The molecule has 9 nitrogen and oxygen atoms in total. The third kappa shape index (κ3) is 9.49. The van der Waals surface area contributed by atoms with Gasteiger partial charge in [-0.25, -0.2) is 19.0 Å². The first-order valence-corrected chi connectivity index (χ1v) is 19.4. The number of carbonyl (C=O) groups excluding carboxylic acids is 2. The third-order valence-corrected chi connectivity index (χ3v) is 11.8. The van der Waals surface area contributed by atoms with E-state index >= 15 is 4.39 Å². The van der Waals surface area contributed by atoms with Crippen molar-refractivity contribution in [1.82, 2.24) is 10.2 Å². The Bertz CT molecular complexity index is 1940. The van der Waals surface area contributed by atoms with Crippen LogP contribution in [-0.2, 0) is 27.2 Å². The lowest BCUT2D eigenvalue weighted by Gasteiger charge is -2.44. The molecule has 0 radical (unpaired) electrons. The molecule has 4 aromatic rings.